The summed E-state index contributed by atoms with van der Waals surface area (Å²) in [6.07, 6.45) is 1.76. The number of aliphatic hydroxyl groups excluding tert-OH is 1. The number of nitrogens with one attached hydrogen (secondary N) is 1. The van der Waals surface area contributed by atoms with E-state index < -0.39 is 0 Å². The van der Waals surface area contributed by atoms with E-state index in [-0.39, 0.29) is 12.6 Å². The molecule has 0 saturated carbocycles. The third-order valence-corrected chi connectivity index (χ3v) is 2.90. The molecule has 0 saturated heterocycles. The molecule has 1 aromatic rings. The first-order valence-electron chi connectivity index (χ1n) is 4.27. The van der Waals surface area contributed by atoms with Crippen LogP contribution in [-0.4, -0.2) is 22.7 Å². The van der Waals surface area contributed by atoms with Gasteiger partial charge in [0.05, 0.1) is 12.3 Å². The summed E-state index contributed by atoms with van der Waals surface area (Å²) < 4.78 is 1.91. The van der Waals surface area contributed by atoms with Gasteiger partial charge in [-0.2, -0.15) is 0 Å². The topological polar surface area (TPSA) is 45.1 Å². The van der Waals surface area contributed by atoms with Crippen LogP contribution >= 0.6 is 31.9 Å². The van der Waals surface area contributed by atoms with Gasteiger partial charge < -0.3 is 10.4 Å². The minimum Gasteiger partial charge on any atom is -0.395 e. The third kappa shape index (κ3) is 3.65. The number of aliphatic hydroxyl groups is 1. The van der Waals surface area contributed by atoms with Crippen molar-refractivity contribution in [1.82, 2.24) is 10.3 Å². The Morgan fingerprint density at radius 3 is 2.86 bits per heavy atom. The quantitative estimate of drug-likeness (QED) is 0.891. The van der Waals surface area contributed by atoms with Gasteiger partial charge in [-0.05, 0) is 44.8 Å². The van der Waals surface area contributed by atoms with Crippen LogP contribution in [0.5, 0.6) is 0 Å². The van der Waals surface area contributed by atoms with E-state index in [2.05, 4.69) is 42.2 Å². The number of hydrogen-bond acceptors (Lipinski definition) is 3. The van der Waals surface area contributed by atoms with Crippen molar-refractivity contribution in [1.29, 1.82) is 0 Å². The van der Waals surface area contributed by atoms with Crippen LogP contribution < -0.4 is 5.32 Å². The minimum atomic E-state index is 0.0901. The number of pyridine rings is 1. The van der Waals surface area contributed by atoms with Crippen LogP contribution in [0.2, 0.25) is 0 Å². The first-order valence-corrected chi connectivity index (χ1v) is 5.86. The zero-order valence-electron chi connectivity index (χ0n) is 7.80. The van der Waals surface area contributed by atoms with E-state index in [1.165, 1.54) is 0 Å². The van der Waals surface area contributed by atoms with Gasteiger partial charge in [-0.15, -0.1) is 0 Å². The number of hydrogen-bond donors (Lipinski definition) is 2. The SMILES string of the molecule is C[C@H](CO)NCc1ncc(Br)cc1Br. The fourth-order valence-corrected chi connectivity index (χ4v) is 2.04. The smallest absolute Gasteiger partial charge is 0.0684 e. The van der Waals surface area contributed by atoms with Crippen molar-refractivity contribution < 1.29 is 5.11 Å². The predicted molar refractivity (Wildman–Crippen MR) is 63.0 cm³/mol. The van der Waals surface area contributed by atoms with Crippen molar-refractivity contribution in [2.24, 2.45) is 0 Å². The summed E-state index contributed by atoms with van der Waals surface area (Å²) in [7, 11) is 0. The maximum atomic E-state index is 8.82. The lowest BCUT2D eigenvalue weighted by Crippen LogP contribution is -2.29. The fourth-order valence-electron chi connectivity index (χ4n) is 0.908. The van der Waals surface area contributed by atoms with Crippen molar-refractivity contribution in [2.75, 3.05) is 6.61 Å². The van der Waals surface area contributed by atoms with E-state index in [4.69, 9.17) is 5.11 Å². The Balaban J connectivity index is 2.59. The van der Waals surface area contributed by atoms with Crippen LogP contribution in [0.1, 0.15) is 12.6 Å². The first kappa shape index (κ1) is 12.1. The van der Waals surface area contributed by atoms with Crippen LogP contribution in [-0.2, 0) is 6.54 Å². The van der Waals surface area contributed by atoms with Gasteiger partial charge in [-0.25, -0.2) is 0 Å². The zero-order chi connectivity index (χ0) is 10.6. The number of halogens is 2. The highest BCUT2D eigenvalue weighted by Crippen LogP contribution is 2.19. The highest BCUT2D eigenvalue weighted by Gasteiger charge is 2.04. The Bertz CT molecular complexity index is 307. The third-order valence-electron chi connectivity index (χ3n) is 1.78. The van der Waals surface area contributed by atoms with Gasteiger partial charge >= 0.3 is 0 Å². The highest BCUT2D eigenvalue weighted by atomic mass is 79.9. The van der Waals surface area contributed by atoms with Crippen molar-refractivity contribution >= 4 is 31.9 Å². The Morgan fingerprint density at radius 2 is 2.29 bits per heavy atom. The molecule has 78 valence electrons. The van der Waals surface area contributed by atoms with Gasteiger partial charge in [0.1, 0.15) is 0 Å². The Morgan fingerprint density at radius 1 is 1.57 bits per heavy atom. The molecular weight excluding hydrogens is 312 g/mol. The summed E-state index contributed by atoms with van der Waals surface area (Å²) in [6.45, 7) is 2.70. The van der Waals surface area contributed by atoms with Gasteiger partial charge in [0.2, 0.25) is 0 Å². The lowest BCUT2D eigenvalue weighted by Gasteiger charge is -2.10. The molecule has 1 aromatic heterocycles. The minimum absolute atomic E-state index is 0.0901. The number of nitrogens with zero attached hydrogens (tertiary/aromatic N) is 1. The zero-order valence-corrected chi connectivity index (χ0v) is 11.0. The predicted octanol–water partition coefficient (Wildman–Crippen LogP) is 2.08. The lowest BCUT2D eigenvalue weighted by atomic mass is 10.3. The van der Waals surface area contributed by atoms with Crippen molar-refractivity contribution in [3.63, 3.8) is 0 Å². The van der Waals surface area contributed by atoms with E-state index in [1.54, 1.807) is 6.20 Å². The summed E-state index contributed by atoms with van der Waals surface area (Å²) in [4.78, 5) is 4.25. The molecular formula is C9H12Br2N2O. The maximum Gasteiger partial charge on any atom is 0.0684 e. The van der Waals surface area contributed by atoms with Crippen molar-refractivity contribution in [3.05, 3.63) is 26.9 Å². The summed E-state index contributed by atoms with van der Waals surface area (Å²) in [5, 5.41) is 12.0. The van der Waals surface area contributed by atoms with E-state index >= 15 is 0 Å². The summed E-state index contributed by atoms with van der Waals surface area (Å²) in [5.74, 6) is 0. The molecule has 5 heteroatoms. The standard InChI is InChI=1S/C9H12Br2N2O/c1-6(5-14)12-4-9-8(11)2-7(10)3-13-9/h2-3,6,12,14H,4-5H2,1H3/t6-/m1/s1. The molecule has 2 N–H and O–H groups in total. The van der Waals surface area contributed by atoms with E-state index in [0.717, 1.165) is 14.6 Å². The molecule has 0 bridgehead atoms. The monoisotopic (exact) mass is 322 g/mol. The molecule has 0 aliphatic carbocycles. The van der Waals surface area contributed by atoms with Gasteiger partial charge in [-0.3, -0.25) is 4.98 Å². The molecule has 1 rings (SSSR count). The summed E-state index contributed by atoms with van der Waals surface area (Å²) >= 11 is 6.76. The summed E-state index contributed by atoms with van der Waals surface area (Å²) in [5.41, 5.74) is 0.938. The van der Waals surface area contributed by atoms with Crippen molar-refractivity contribution in [2.45, 2.75) is 19.5 Å². The average Bonchev–Trinajstić information content (AvgIpc) is 2.16. The molecule has 1 atom stereocenters. The first-order chi connectivity index (χ1) is 6.63. The molecule has 0 fully saturated rings. The Hall–Kier alpha value is 0.0300. The molecule has 3 nitrogen and oxygen atoms in total. The van der Waals surface area contributed by atoms with E-state index in [1.807, 2.05) is 13.0 Å². The number of aromatic nitrogens is 1. The van der Waals surface area contributed by atoms with Crippen LogP contribution in [0.4, 0.5) is 0 Å². The maximum absolute atomic E-state index is 8.82. The molecule has 1 heterocycles. The van der Waals surface area contributed by atoms with Gasteiger partial charge in [0.15, 0.2) is 0 Å². The summed E-state index contributed by atoms with van der Waals surface area (Å²) in [6, 6.07) is 2.04. The van der Waals surface area contributed by atoms with Crippen LogP contribution in [0.15, 0.2) is 21.2 Å². The van der Waals surface area contributed by atoms with Crippen LogP contribution in [0.25, 0.3) is 0 Å². The van der Waals surface area contributed by atoms with Crippen LogP contribution in [0, 0.1) is 0 Å². The Kier molecular flexibility index (Phi) is 5.01. The highest BCUT2D eigenvalue weighted by molar-refractivity contribution is 9.11. The molecule has 0 aliphatic heterocycles. The molecule has 14 heavy (non-hydrogen) atoms. The van der Waals surface area contributed by atoms with E-state index in [9.17, 15) is 0 Å². The number of rotatable bonds is 4. The molecule has 0 amide bonds. The molecule has 0 unspecified atom stereocenters. The molecule has 0 aliphatic rings. The van der Waals surface area contributed by atoms with E-state index in [0.29, 0.717) is 6.54 Å². The second kappa shape index (κ2) is 5.80. The fraction of sp³-hybridized carbons (Fsp3) is 0.444. The molecule has 0 aromatic carbocycles. The largest absolute Gasteiger partial charge is 0.395 e. The van der Waals surface area contributed by atoms with Gasteiger partial charge in [-0.1, -0.05) is 0 Å². The molecule has 0 radical (unpaired) electrons. The normalized spacial score (nSPS) is 12.9. The van der Waals surface area contributed by atoms with Gasteiger partial charge in [0, 0.05) is 27.7 Å². The molecule has 0 spiro atoms. The lowest BCUT2D eigenvalue weighted by molar-refractivity contribution is 0.250. The van der Waals surface area contributed by atoms with Crippen LogP contribution in [0.3, 0.4) is 0 Å². The average molecular weight is 324 g/mol. The second-order valence-electron chi connectivity index (χ2n) is 3.05. The second-order valence-corrected chi connectivity index (χ2v) is 4.82. The van der Waals surface area contributed by atoms with Gasteiger partial charge in [0.25, 0.3) is 0 Å². The Labute approximate surface area is 100 Å². The van der Waals surface area contributed by atoms with Crippen molar-refractivity contribution in [3.8, 4) is 0 Å².